The van der Waals surface area contributed by atoms with Crippen molar-refractivity contribution < 1.29 is 33.3 Å². The van der Waals surface area contributed by atoms with Crippen molar-refractivity contribution in [3.05, 3.63) is 87.9 Å². The van der Waals surface area contributed by atoms with Crippen molar-refractivity contribution in [1.29, 1.82) is 0 Å². The molecule has 0 spiro atoms. The Balaban J connectivity index is 1.58. The van der Waals surface area contributed by atoms with Gasteiger partial charge in [0.15, 0.2) is 0 Å². The highest BCUT2D eigenvalue weighted by atomic mass is 35.5. The molecule has 8 nitrogen and oxygen atoms in total. The van der Waals surface area contributed by atoms with Crippen LogP contribution >= 0.6 is 11.6 Å². The van der Waals surface area contributed by atoms with E-state index in [1.807, 2.05) is 39.0 Å². The van der Waals surface area contributed by atoms with Crippen molar-refractivity contribution in [2.45, 2.75) is 96.7 Å². The van der Waals surface area contributed by atoms with Gasteiger partial charge in [-0.1, -0.05) is 50.6 Å². The summed E-state index contributed by atoms with van der Waals surface area (Å²) in [6.07, 6.45) is 0.603. The van der Waals surface area contributed by atoms with E-state index in [1.165, 1.54) is 12.7 Å². The Bertz CT molecular complexity index is 1590. The van der Waals surface area contributed by atoms with Gasteiger partial charge in [0.2, 0.25) is 0 Å². The lowest BCUT2D eigenvalue weighted by Gasteiger charge is -2.37. The molecule has 0 aromatic heterocycles. The predicted molar refractivity (Wildman–Crippen MR) is 187 cm³/mol. The minimum absolute atomic E-state index is 0.0526. The number of aliphatic hydroxyl groups is 1. The van der Waals surface area contributed by atoms with E-state index in [9.17, 15) is 14.7 Å². The van der Waals surface area contributed by atoms with E-state index in [0.29, 0.717) is 46.2 Å². The van der Waals surface area contributed by atoms with Crippen LogP contribution in [-0.4, -0.2) is 55.7 Å². The minimum Gasteiger partial charge on any atom is -0.543 e. The molecule has 0 unspecified atom stereocenters. The maximum Gasteiger partial charge on any atom is 0.410 e. The summed E-state index contributed by atoms with van der Waals surface area (Å²) in [5.74, 6) is 1.05. The number of halogens is 1. The summed E-state index contributed by atoms with van der Waals surface area (Å²) in [4.78, 5) is 27.9. The highest BCUT2D eigenvalue weighted by molar-refractivity contribution is 6.74. The first kappa shape index (κ1) is 36.3. The molecular formula is C37H48ClNO7Si. The molecule has 1 aliphatic rings. The second-order valence-corrected chi connectivity index (χ2v) is 19.8. The number of hydrogen-bond donors (Lipinski definition) is 1. The molecule has 0 fully saturated rings. The molecule has 3 aromatic rings. The summed E-state index contributed by atoms with van der Waals surface area (Å²) in [7, 11) is -0.873. The van der Waals surface area contributed by atoms with Gasteiger partial charge in [-0.25, -0.2) is 9.59 Å². The molecule has 0 saturated carbocycles. The van der Waals surface area contributed by atoms with E-state index in [-0.39, 0.29) is 17.6 Å². The predicted octanol–water partition coefficient (Wildman–Crippen LogP) is 9.13. The number of aliphatic hydroxyl groups excluding tert-OH is 1. The van der Waals surface area contributed by atoms with E-state index >= 15 is 0 Å². The molecule has 1 aliphatic carbocycles. The summed E-state index contributed by atoms with van der Waals surface area (Å²) in [5, 5.41) is 11.6. The first-order valence-corrected chi connectivity index (χ1v) is 19.3. The molecule has 10 heteroatoms. The van der Waals surface area contributed by atoms with E-state index < -0.39 is 32.1 Å². The number of ether oxygens (including phenoxy) is 3. The lowest BCUT2D eigenvalue weighted by Crippen LogP contribution is -2.47. The van der Waals surface area contributed by atoms with Crippen LogP contribution in [0, 0.1) is 0 Å². The van der Waals surface area contributed by atoms with Crippen molar-refractivity contribution in [2.75, 3.05) is 13.7 Å². The lowest BCUT2D eigenvalue weighted by molar-refractivity contribution is 0.00194. The topological polar surface area (TPSA) is 94.5 Å². The standard InChI is InChI=1S/C37H48ClNO7Si/c1-36(2,3)45-35(42)39(23-32(40)25-11-10-12-27(38)19-25)28-15-13-24-14-16-29(21-26(24)20-28)44-30-17-18-33(31(22-30)34(41)43-7)46-47(8,9)37(4,5)6/h10-12,14,16-19,21-22,28,32,40H,13,15,20,23H2,1-9H3/t28-,32+/m0/s1. The second kappa shape index (κ2) is 14.3. The molecule has 4 rings (SSSR count). The second-order valence-electron chi connectivity index (χ2n) is 14.6. The van der Waals surface area contributed by atoms with Crippen LogP contribution < -0.4 is 9.16 Å². The largest absolute Gasteiger partial charge is 0.543 e. The molecule has 0 radical (unpaired) electrons. The van der Waals surface area contributed by atoms with Crippen molar-refractivity contribution in [3.63, 3.8) is 0 Å². The Hall–Kier alpha value is -3.53. The van der Waals surface area contributed by atoms with Crippen molar-refractivity contribution in [3.8, 4) is 17.2 Å². The number of rotatable bonds is 9. The Kier molecular flexibility index (Phi) is 11.0. The summed E-state index contributed by atoms with van der Waals surface area (Å²) < 4.78 is 23.6. The Morgan fingerprint density at radius 2 is 1.66 bits per heavy atom. The number of carbonyl (C=O) groups excluding carboxylic acids is 2. The Morgan fingerprint density at radius 1 is 0.979 bits per heavy atom. The van der Waals surface area contributed by atoms with Gasteiger partial charge >= 0.3 is 12.1 Å². The molecule has 1 amide bonds. The van der Waals surface area contributed by atoms with Crippen molar-refractivity contribution in [1.82, 2.24) is 4.90 Å². The SMILES string of the molecule is COC(=O)c1cc(Oc2ccc3c(c2)C[C@@H](N(C[C@@H](O)c2cccc(Cl)c2)C(=O)OC(C)(C)C)CC3)ccc1O[Si](C)(C)C(C)(C)C. The van der Waals surface area contributed by atoms with E-state index in [2.05, 4.69) is 33.9 Å². The van der Waals surface area contributed by atoms with Gasteiger partial charge in [-0.15, -0.1) is 0 Å². The quantitative estimate of drug-likeness (QED) is 0.178. The summed E-state index contributed by atoms with van der Waals surface area (Å²) in [6, 6.07) is 17.9. The molecule has 1 N–H and O–H groups in total. The number of aryl methyl sites for hydroxylation is 1. The summed E-state index contributed by atoms with van der Waals surface area (Å²) in [6.45, 7) is 16.2. The van der Waals surface area contributed by atoms with Gasteiger partial charge in [0.25, 0.3) is 8.32 Å². The van der Waals surface area contributed by atoms with Gasteiger partial charge in [-0.2, -0.15) is 0 Å². The van der Waals surface area contributed by atoms with Crippen LogP contribution in [0.4, 0.5) is 4.79 Å². The number of hydrogen-bond acceptors (Lipinski definition) is 7. The van der Waals surface area contributed by atoms with E-state index in [1.54, 1.807) is 47.4 Å². The molecule has 0 bridgehead atoms. The van der Waals surface area contributed by atoms with E-state index in [4.69, 9.17) is 30.2 Å². The molecule has 47 heavy (non-hydrogen) atoms. The zero-order valence-electron chi connectivity index (χ0n) is 29.0. The van der Waals surface area contributed by atoms with Crippen LogP contribution in [0.1, 0.15) is 81.1 Å². The normalized spacial score (nSPS) is 15.7. The van der Waals surface area contributed by atoms with Crippen LogP contribution in [0.25, 0.3) is 0 Å². The molecular weight excluding hydrogens is 634 g/mol. The fourth-order valence-corrected chi connectivity index (χ4v) is 6.47. The Labute approximate surface area is 285 Å². The van der Waals surface area contributed by atoms with Crippen LogP contribution in [0.15, 0.2) is 60.7 Å². The zero-order chi connectivity index (χ0) is 34.7. The third-order valence-corrected chi connectivity index (χ3v) is 13.4. The number of nitrogens with zero attached hydrogens (tertiary/aromatic N) is 1. The molecule has 0 saturated heterocycles. The number of methoxy groups -OCH3 is 1. The fourth-order valence-electron chi connectivity index (χ4n) is 5.24. The fraction of sp³-hybridized carbons (Fsp3) is 0.459. The molecule has 0 aliphatic heterocycles. The lowest BCUT2D eigenvalue weighted by atomic mass is 9.87. The monoisotopic (exact) mass is 681 g/mol. The van der Waals surface area contributed by atoms with Gasteiger partial charge in [0, 0.05) is 11.1 Å². The average molecular weight is 682 g/mol. The molecule has 0 heterocycles. The Morgan fingerprint density at radius 3 is 2.30 bits per heavy atom. The van der Waals surface area contributed by atoms with Crippen molar-refractivity contribution in [2.24, 2.45) is 0 Å². The molecule has 254 valence electrons. The summed E-state index contributed by atoms with van der Waals surface area (Å²) in [5.41, 5.74) is 2.44. The zero-order valence-corrected chi connectivity index (χ0v) is 30.7. The number of benzene rings is 3. The van der Waals surface area contributed by atoms with Crippen molar-refractivity contribution >= 4 is 32.0 Å². The van der Waals surface area contributed by atoms with Gasteiger partial charge in [-0.3, -0.25) is 0 Å². The van der Waals surface area contributed by atoms with Crippen LogP contribution in [-0.2, 0) is 22.3 Å². The molecule has 3 aromatic carbocycles. The van der Waals surface area contributed by atoms with Gasteiger partial charge in [0.05, 0.1) is 19.8 Å². The van der Waals surface area contributed by atoms with Gasteiger partial charge < -0.3 is 28.6 Å². The first-order chi connectivity index (χ1) is 21.9. The minimum atomic E-state index is -2.22. The van der Waals surface area contributed by atoms with Gasteiger partial charge in [-0.05, 0) is 117 Å². The average Bonchev–Trinajstić information content (AvgIpc) is 2.98. The van der Waals surface area contributed by atoms with Gasteiger partial charge in [0.1, 0.15) is 28.4 Å². The third kappa shape index (κ3) is 9.30. The van der Waals surface area contributed by atoms with Crippen LogP contribution in [0.3, 0.4) is 0 Å². The number of carbonyl (C=O) groups is 2. The smallest absolute Gasteiger partial charge is 0.410 e. The number of esters is 1. The van der Waals surface area contributed by atoms with E-state index in [0.717, 1.165) is 12.0 Å². The number of fused-ring (bicyclic) bond motifs is 1. The van der Waals surface area contributed by atoms with Crippen LogP contribution in [0.5, 0.6) is 17.2 Å². The highest BCUT2D eigenvalue weighted by Crippen LogP contribution is 2.40. The maximum absolute atomic E-state index is 13.5. The summed E-state index contributed by atoms with van der Waals surface area (Å²) >= 11 is 6.18. The third-order valence-electron chi connectivity index (χ3n) is 8.82. The highest BCUT2D eigenvalue weighted by Gasteiger charge is 2.40. The molecule has 2 atom stereocenters. The number of amides is 1. The first-order valence-electron chi connectivity index (χ1n) is 16.0. The maximum atomic E-state index is 13.5. The van der Waals surface area contributed by atoms with Crippen LogP contribution in [0.2, 0.25) is 23.2 Å².